The summed E-state index contributed by atoms with van der Waals surface area (Å²) in [5, 5.41) is 2.65. The number of aromatic nitrogens is 3. The Morgan fingerprint density at radius 1 is 1.13 bits per heavy atom. The lowest BCUT2D eigenvalue weighted by Crippen LogP contribution is -2.13. The molecule has 30 heavy (non-hydrogen) atoms. The average Bonchev–Trinajstić information content (AvgIpc) is 3.13. The minimum Gasteiger partial charge on any atom is -0.328 e. The van der Waals surface area contributed by atoms with Crippen molar-refractivity contribution in [2.75, 3.05) is 11.6 Å². The first-order chi connectivity index (χ1) is 14.4. The van der Waals surface area contributed by atoms with E-state index in [1.807, 2.05) is 12.3 Å². The second-order valence-corrected chi connectivity index (χ2v) is 8.17. The smallest absolute Gasteiger partial charge is 0.328 e. The molecule has 1 aromatic carbocycles. The number of rotatable bonds is 5. The number of nitrogens with zero attached hydrogens (tertiary/aromatic N) is 3. The highest BCUT2D eigenvalue weighted by Gasteiger charge is 2.34. The van der Waals surface area contributed by atoms with Crippen molar-refractivity contribution < 1.29 is 18.0 Å². The molecule has 9 heteroatoms. The van der Waals surface area contributed by atoms with E-state index >= 15 is 0 Å². The third-order valence-electron chi connectivity index (χ3n) is 5.45. The number of thioether (sulfide) groups is 1. The first-order valence-corrected chi connectivity index (χ1v) is 11.0. The van der Waals surface area contributed by atoms with Crippen molar-refractivity contribution in [3.8, 4) is 5.69 Å². The monoisotopic (exact) mass is 434 g/mol. The molecule has 0 spiro atoms. The van der Waals surface area contributed by atoms with Crippen LogP contribution in [-0.2, 0) is 11.0 Å². The van der Waals surface area contributed by atoms with Gasteiger partial charge in [-0.2, -0.15) is 13.2 Å². The van der Waals surface area contributed by atoms with E-state index in [4.69, 9.17) is 4.98 Å². The fourth-order valence-electron chi connectivity index (χ4n) is 4.02. The number of anilines is 1. The van der Waals surface area contributed by atoms with Crippen LogP contribution in [-0.4, -0.2) is 27.2 Å². The summed E-state index contributed by atoms with van der Waals surface area (Å²) in [5.74, 6) is 0.924. The topological polar surface area (TPSA) is 59.8 Å². The van der Waals surface area contributed by atoms with Crippen molar-refractivity contribution in [3.05, 3.63) is 41.9 Å². The van der Waals surface area contributed by atoms with Gasteiger partial charge in [-0.3, -0.25) is 9.36 Å². The lowest BCUT2D eigenvalue weighted by atomic mass is 9.88. The Kier molecular flexibility index (Phi) is 5.73. The molecule has 0 radical (unpaired) electrons. The van der Waals surface area contributed by atoms with Crippen molar-refractivity contribution in [1.29, 1.82) is 0 Å². The van der Waals surface area contributed by atoms with Crippen molar-refractivity contribution in [2.45, 2.75) is 49.1 Å². The standard InChI is InChI=1S/C21H21F3N4OS/c1-30-17-11-14(7-8-15(17)25-12-29)28-19(13-5-3-2-4-6-13)26-16-9-10-18(21(22,23)24)27-20(16)28/h7-13H,2-6H2,1H3,(H,25,29). The van der Waals surface area contributed by atoms with Crippen LogP contribution in [0.2, 0.25) is 0 Å². The van der Waals surface area contributed by atoms with Crippen LogP contribution < -0.4 is 5.32 Å². The Morgan fingerprint density at radius 2 is 1.90 bits per heavy atom. The van der Waals surface area contributed by atoms with E-state index < -0.39 is 11.9 Å². The summed E-state index contributed by atoms with van der Waals surface area (Å²) in [4.78, 5) is 20.3. The lowest BCUT2D eigenvalue weighted by molar-refractivity contribution is -0.141. The van der Waals surface area contributed by atoms with Gasteiger partial charge in [0.1, 0.15) is 17.0 Å². The summed E-state index contributed by atoms with van der Waals surface area (Å²) in [7, 11) is 0. The summed E-state index contributed by atoms with van der Waals surface area (Å²) >= 11 is 1.45. The molecule has 2 aromatic heterocycles. The molecular formula is C21H21F3N4OS. The number of hydrogen-bond acceptors (Lipinski definition) is 4. The number of pyridine rings is 1. The van der Waals surface area contributed by atoms with E-state index in [1.54, 1.807) is 16.7 Å². The molecule has 0 saturated heterocycles. The van der Waals surface area contributed by atoms with E-state index in [-0.39, 0.29) is 11.6 Å². The van der Waals surface area contributed by atoms with Crippen molar-refractivity contribution in [1.82, 2.24) is 14.5 Å². The molecule has 1 amide bonds. The van der Waals surface area contributed by atoms with Gasteiger partial charge in [-0.15, -0.1) is 11.8 Å². The molecule has 5 nitrogen and oxygen atoms in total. The summed E-state index contributed by atoms with van der Waals surface area (Å²) < 4.78 is 41.7. The summed E-state index contributed by atoms with van der Waals surface area (Å²) in [6.07, 6.45) is 3.17. The third kappa shape index (κ3) is 3.90. The van der Waals surface area contributed by atoms with Crippen LogP contribution in [0.4, 0.5) is 18.9 Å². The minimum absolute atomic E-state index is 0.174. The van der Waals surface area contributed by atoms with Crippen molar-refractivity contribution in [3.63, 3.8) is 0 Å². The van der Waals surface area contributed by atoms with Gasteiger partial charge >= 0.3 is 6.18 Å². The highest BCUT2D eigenvalue weighted by atomic mass is 32.2. The second-order valence-electron chi connectivity index (χ2n) is 7.32. The SMILES string of the molecule is CSc1cc(-n2c(C3CCCCC3)nc3ccc(C(F)(F)F)nc32)ccc1NC=O. The Balaban J connectivity index is 1.94. The molecule has 1 saturated carbocycles. The second kappa shape index (κ2) is 8.29. The average molecular weight is 434 g/mol. The van der Waals surface area contributed by atoms with Crippen LogP contribution in [0.1, 0.15) is 49.5 Å². The molecule has 1 fully saturated rings. The van der Waals surface area contributed by atoms with Crippen LogP contribution >= 0.6 is 11.8 Å². The summed E-state index contributed by atoms with van der Waals surface area (Å²) in [6, 6.07) is 7.76. The number of hydrogen-bond donors (Lipinski definition) is 1. The van der Waals surface area contributed by atoms with Gasteiger partial charge in [-0.1, -0.05) is 19.3 Å². The molecule has 0 unspecified atom stereocenters. The molecule has 1 N–H and O–H groups in total. The number of fused-ring (bicyclic) bond motifs is 1. The summed E-state index contributed by atoms with van der Waals surface area (Å²) in [5.41, 5.74) is 1.05. The van der Waals surface area contributed by atoms with Gasteiger partial charge in [-0.25, -0.2) is 9.97 Å². The number of halogens is 3. The normalized spacial score (nSPS) is 15.5. The predicted molar refractivity (Wildman–Crippen MR) is 111 cm³/mol. The zero-order chi connectivity index (χ0) is 21.3. The van der Waals surface area contributed by atoms with E-state index in [1.165, 1.54) is 17.8 Å². The van der Waals surface area contributed by atoms with Crippen molar-refractivity contribution >= 4 is 35.0 Å². The van der Waals surface area contributed by atoms with Crippen LogP contribution in [0.5, 0.6) is 0 Å². The number of amides is 1. The highest BCUT2D eigenvalue weighted by molar-refractivity contribution is 7.98. The van der Waals surface area contributed by atoms with Crippen LogP contribution in [0.3, 0.4) is 0 Å². The predicted octanol–water partition coefficient (Wildman–Crippen LogP) is 5.78. The Labute approximate surface area is 176 Å². The lowest BCUT2D eigenvalue weighted by Gasteiger charge is -2.22. The first-order valence-electron chi connectivity index (χ1n) is 9.77. The fourth-order valence-corrected chi connectivity index (χ4v) is 4.61. The van der Waals surface area contributed by atoms with E-state index in [0.29, 0.717) is 23.3 Å². The van der Waals surface area contributed by atoms with E-state index in [9.17, 15) is 18.0 Å². The van der Waals surface area contributed by atoms with E-state index in [2.05, 4.69) is 10.3 Å². The molecule has 1 aliphatic rings. The number of benzene rings is 1. The van der Waals surface area contributed by atoms with Crippen LogP contribution in [0.15, 0.2) is 35.2 Å². The third-order valence-corrected chi connectivity index (χ3v) is 6.23. The number of carbonyl (C=O) groups is 1. The van der Waals surface area contributed by atoms with Gasteiger partial charge in [0.15, 0.2) is 5.65 Å². The zero-order valence-corrected chi connectivity index (χ0v) is 17.2. The van der Waals surface area contributed by atoms with Crippen LogP contribution in [0.25, 0.3) is 16.9 Å². The first kappa shape index (κ1) is 20.7. The molecular weight excluding hydrogens is 413 g/mol. The number of alkyl halides is 3. The molecule has 3 aromatic rings. The number of nitrogens with one attached hydrogen (secondary N) is 1. The maximum atomic E-state index is 13.3. The quantitative estimate of drug-likeness (QED) is 0.409. The zero-order valence-electron chi connectivity index (χ0n) is 16.4. The number of imidazole rings is 1. The number of carbonyl (C=O) groups excluding carboxylic acids is 1. The van der Waals surface area contributed by atoms with Gasteiger partial charge in [0, 0.05) is 10.8 Å². The maximum absolute atomic E-state index is 13.3. The Bertz CT molecular complexity index is 1070. The molecule has 0 atom stereocenters. The van der Waals surface area contributed by atoms with Gasteiger partial charge in [-0.05, 0) is 49.4 Å². The molecule has 0 aliphatic heterocycles. The molecule has 2 heterocycles. The molecule has 0 bridgehead atoms. The molecule has 1 aliphatic carbocycles. The maximum Gasteiger partial charge on any atom is 0.433 e. The molecule has 158 valence electrons. The van der Waals surface area contributed by atoms with E-state index in [0.717, 1.165) is 48.9 Å². The fraction of sp³-hybridized carbons (Fsp3) is 0.381. The highest BCUT2D eigenvalue weighted by Crippen LogP contribution is 2.37. The van der Waals surface area contributed by atoms with Gasteiger partial charge in [0.25, 0.3) is 0 Å². The Morgan fingerprint density at radius 3 is 2.57 bits per heavy atom. The van der Waals surface area contributed by atoms with Gasteiger partial charge in [0.2, 0.25) is 6.41 Å². The van der Waals surface area contributed by atoms with Gasteiger partial charge < -0.3 is 5.32 Å². The Hall–Kier alpha value is -2.55. The van der Waals surface area contributed by atoms with Crippen molar-refractivity contribution in [2.24, 2.45) is 0 Å². The summed E-state index contributed by atoms with van der Waals surface area (Å²) in [6.45, 7) is 0. The molecule has 4 rings (SSSR count). The largest absolute Gasteiger partial charge is 0.433 e. The van der Waals surface area contributed by atoms with Crippen LogP contribution in [0, 0.1) is 0 Å². The van der Waals surface area contributed by atoms with Gasteiger partial charge in [0.05, 0.1) is 11.4 Å². The minimum atomic E-state index is -4.53.